The minimum absolute atomic E-state index is 0.0780. The Balaban J connectivity index is 4.49. The Bertz CT molecular complexity index is 302. The number of nitrogens with one attached hydrogen (secondary N) is 1. The monoisotopic (exact) mass is 305 g/mol. The molecule has 0 rings (SSSR count). The summed E-state index contributed by atoms with van der Waals surface area (Å²) in [5.41, 5.74) is -0.561. The number of alkyl carbamates (subject to hydrolysis) is 1. The highest BCUT2D eigenvalue weighted by Crippen LogP contribution is 2.16. The average molecular weight is 306 g/mol. The highest BCUT2D eigenvalue weighted by molar-refractivity contribution is 6.18. The first-order valence-electron chi connectivity index (χ1n) is 7.04. The SMILES string of the molecule is C=CCCC(C)CC(NC(=O)OC(C)(C)C)[C@H](O)CCl. The first-order chi connectivity index (χ1) is 9.19. The van der Waals surface area contributed by atoms with E-state index in [1.54, 1.807) is 20.8 Å². The number of carbonyl (C=O) groups is 1. The number of carbonyl (C=O) groups excluding carboxylic acids is 1. The van der Waals surface area contributed by atoms with Crippen molar-refractivity contribution in [3.63, 3.8) is 0 Å². The molecule has 118 valence electrons. The standard InChI is InChI=1S/C15H28ClNO3/c1-6-7-8-11(2)9-12(13(18)10-16)17-14(19)20-15(3,4)5/h6,11-13,18H,1,7-10H2,2-5H3,(H,17,19)/t11?,12?,13-/m1/s1. The van der Waals surface area contributed by atoms with E-state index in [1.165, 1.54) is 0 Å². The van der Waals surface area contributed by atoms with E-state index in [4.69, 9.17) is 16.3 Å². The van der Waals surface area contributed by atoms with E-state index < -0.39 is 23.8 Å². The van der Waals surface area contributed by atoms with E-state index in [-0.39, 0.29) is 5.88 Å². The van der Waals surface area contributed by atoms with Crippen LogP contribution in [0.15, 0.2) is 12.7 Å². The Morgan fingerprint density at radius 1 is 1.50 bits per heavy atom. The fourth-order valence-corrected chi connectivity index (χ4v) is 2.05. The van der Waals surface area contributed by atoms with E-state index in [9.17, 15) is 9.90 Å². The van der Waals surface area contributed by atoms with E-state index in [0.29, 0.717) is 12.3 Å². The van der Waals surface area contributed by atoms with Gasteiger partial charge in [-0.15, -0.1) is 18.2 Å². The van der Waals surface area contributed by atoms with Gasteiger partial charge in [0.1, 0.15) is 5.60 Å². The molecule has 0 bridgehead atoms. The molecule has 3 atom stereocenters. The molecular formula is C15H28ClNO3. The lowest BCUT2D eigenvalue weighted by atomic mass is 9.94. The third kappa shape index (κ3) is 9.21. The Morgan fingerprint density at radius 3 is 2.55 bits per heavy atom. The number of hydrogen-bond donors (Lipinski definition) is 2. The van der Waals surface area contributed by atoms with Crippen LogP contribution in [0.4, 0.5) is 4.79 Å². The summed E-state index contributed by atoms with van der Waals surface area (Å²) >= 11 is 5.69. The average Bonchev–Trinajstić information content (AvgIpc) is 2.32. The quantitative estimate of drug-likeness (QED) is 0.533. The third-order valence-corrected chi connectivity index (χ3v) is 3.16. The van der Waals surface area contributed by atoms with E-state index in [1.807, 2.05) is 6.08 Å². The number of alkyl halides is 1. The summed E-state index contributed by atoms with van der Waals surface area (Å²) in [6, 6.07) is -0.401. The zero-order chi connectivity index (χ0) is 15.8. The van der Waals surface area contributed by atoms with Gasteiger partial charge in [0.25, 0.3) is 0 Å². The van der Waals surface area contributed by atoms with Gasteiger partial charge in [-0.05, 0) is 46.0 Å². The maximum atomic E-state index is 11.8. The second-order valence-corrected chi connectivity index (χ2v) is 6.49. The molecule has 0 radical (unpaired) electrons. The van der Waals surface area contributed by atoms with Gasteiger partial charge >= 0.3 is 6.09 Å². The number of allylic oxidation sites excluding steroid dienone is 1. The van der Waals surface area contributed by atoms with E-state index in [2.05, 4.69) is 18.8 Å². The smallest absolute Gasteiger partial charge is 0.407 e. The molecule has 0 saturated heterocycles. The number of hydrogen-bond acceptors (Lipinski definition) is 3. The summed E-state index contributed by atoms with van der Waals surface area (Å²) in [4.78, 5) is 11.8. The van der Waals surface area contributed by atoms with Crippen molar-refractivity contribution in [2.45, 2.75) is 64.7 Å². The Morgan fingerprint density at radius 2 is 2.10 bits per heavy atom. The molecule has 0 aliphatic carbocycles. The Hall–Kier alpha value is -0.740. The maximum Gasteiger partial charge on any atom is 0.407 e. The van der Waals surface area contributed by atoms with Crippen LogP contribution in [0.5, 0.6) is 0 Å². The van der Waals surface area contributed by atoms with Crippen molar-refractivity contribution in [2.24, 2.45) is 5.92 Å². The number of rotatable bonds is 8. The molecule has 2 N–H and O–H groups in total. The Labute approximate surface area is 127 Å². The topological polar surface area (TPSA) is 58.6 Å². The first kappa shape index (κ1) is 19.3. The highest BCUT2D eigenvalue weighted by atomic mass is 35.5. The van der Waals surface area contributed by atoms with Crippen LogP contribution >= 0.6 is 11.6 Å². The molecule has 20 heavy (non-hydrogen) atoms. The fourth-order valence-electron chi connectivity index (χ4n) is 1.83. The normalized spacial score (nSPS) is 16.1. The molecule has 1 amide bonds. The zero-order valence-electron chi connectivity index (χ0n) is 13.0. The van der Waals surface area contributed by atoms with Gasteiger partial charge < -0.3 is 15.2 Å². The minimum Gasteiger partial charge on any atom is -0.444 e. The van der Waals surface area contributed by atoms with Crippen LogP contribution in [0.1, 0.15) is 47.0 Å². The number of aliphatic hydroxyl groups is 1. The molecule has 0 spiro atoms. The number of halogens is 1. The van der Waals surface area contributed by atoms with Gasteiger partial charge in [0.2, 0.25) is 0 Å². The number of ether oxygens (including phenoxy) is 1. The summed E-state index contributed by atoms with van der Waals surface area (Å²) in [6.45, 7) is 11.2. The van der Waals surface area contributed by atoms with Crippen molar-refractivity contribution in [2.75, 3.05) is 5.88 Å². The molecule has 0 aromatic heterocycles. The number of aliphatic hydroxyl groups excluding tert-OH is 1. The predicted octanol–water partition coefficient (Wildman–Crippen LogP) is 3.47. The van der Waals surface area contributed by atoms with E-state index >= 15 is 0 Å². The van der Waals surface area contributed by atoms with Crippen LogP contribution in [-0.4, -0.2) is 34.8 Å². The molecule has 0 aliphatic rings. The van der Waals surface area contributed by atoms with Gasteiger partial charge in [0.05, 0.1) is 18.0 Å². The van der Waals surface area contributed by atoms with Crippen molar-refractivity contribution in [1.82, 2.24) is 5.32 Å². The van der Waals surface area contributed by atoms with Crippen LogP contribution in [0, 0.1) is 5.92 Å². The molecule has 0 heterocycles. The highest BCUT2D eigenvalue weighted by Gasteiger charge is 2.25. The molecule has 0 fully saturated rings. The van der Waals surface area contributed by atoms with Crippen molar-refractivity contribution in [1.29, 1.82) is 0 Å². The lowest BCUT2D eigenvalue weighted by molar-refractivity contribution is 0.0422. The maximum absolute atomic E-state index is 11.8. The molecular weight excluding hydrogens is 278 g/mol. The van der Waals surface area contributed by atoms with Gasteiger partial charge in [0, 0.05) is 0 Å². The third-order valence-electron chi connectivity index (χ3n) is 2.84. The molecule has 5 heteroatoms. The second-order valence-electron chi connectivity index (χ2n) is 6.18. The van der Waals surface area contributed by atoms with Gasteiger partial charge in [-0.25, -0.2) is 4.79 Å². The van der Waals surface area contributed by atoms with E-state index in [0.717, 1.165) is 12.8 Å². The van der Waals surface area contributed by atoms with Gasteiger partial charge in [-0.2, -0.15) is 0 Å². The largest absolute Gasteiger partial charge is 0.444 e. The summed E-state index contributed by atoms with van der Waals surface area (Å²) in [6.07, 6.45) is 3.09. The van der Waals surface area contributed by atoms with Gasteiger partial charge in [-0.3, -0.25) is 0 Å². The first-order valence-corrected chi connectivity index (χ1v) is 7.57. The van der Waals surface area contributed by atoms with Crippen LogP contribution in [0.3, 0.4) is 0 Å². The van der Waals surface area contributed by atoms with Crippen molar-refractivity contribution < 1.29 is 14.6 Å². The summed E-state index contributed by atoms with van der Waals surface area (Å²) < 4.78 is 5.21. The second kappa shape index (κ2) is 9.24. The Kier molecular flexibility index (Phi) is 8.90. The predicted molar refractivity (Wildman–Crippen MR) is 83.1 cm³/mol. The summed E-state index contributed by atoms with van der Waals surface area (Å²) in [5.74, 6) is 0.431. The van der Waals surface area contributed by atoms with Crippen LogP contribution in [0.25, 0.3) is 0 Å². The molecule has 2 unspecified atom stereocenters. The molecule has 0 aromatic rings. The molecule has 0 aromatic carbocycles. The fraction of sp³-hybridized carbons (Fsp3) is 0.800. The van der Waals surface area contributed by atoms with Crippen LogP contribution in [-0.2, 0) is 4.74 Å². The van der Waals surface area contributed by atoms with Crippen molar-refractivity contribution in [3.8, 4) is 0 Å². The van der Waals surface area contributed by atoms with Crippen LogP contribution in [0.2, 0.25) is 0 Å². The number of amides is 1. The van der Waals surface area contributed by atoms with Gasteiger partial charge in [-0.1, -0.05) is 13.0 Å². The molecule has 0 saturated carbocycles. The van der Waals surface area contributed by atoms with Gasteiger partial charge in [0.15, 0.2) is 0 Å². The zero-order valence-corrected chi connectivity index (χ0v) is 13.7. The summed E-state index contributed by atoms with van der Waals surface area (Å²) in [5, 5.41) is 12.6. The minimum atomic E-state index is -0.782. The summed E-state index contributed by atoms with van der Waals surface area (Å²) in [7, 11) is 0. The lowest BCUT2D eigenvalue weighted by Crippen LogP contribution is -2.47. The molecule has 0 aliphatic heterocycles. The van der Waals surface area contributed by atoms with Crippen molar-refractivity contribution in [3.05, 3.63) is 12.7 Å². The lowest BCUT2D eigenvalue weighted by Gasteiger charge is -2.27. The van der Waals surface area contributed by atoms with Crippen molar-refractivity contribution >= 4 is 17.7 Å². The molecule has 4 nitrogen and oxygen atoms in total. The van der Waals surface area contributed by atoms with Crippen LogP contribution < -0.4 is 5.32 Å².